The number of aliphatic hydroxyl groups is 1. The zero-order valence-electron chi connectivity index (χ0n) is 64.3. The molecule has 4 aromatic rings. The van der Waals surface area contributed by atoms with Gasteiger partial charge in [0.25, 0.3) is 0 Å². The monoisotopic (exact) mass is 1500 g/mol. The summed E-state index contributed by atoms with van der Waals surface area (Å²) in [5.74, 6) is -4.92. The quantitative estimate of drug-likeness (QED) is 0.0147. The maximum Gasteiger partial charge on any atom is 0.446 e. The van der Waals surface area contributed by atoms with Crippen molar-refractivity contribution < 1.29 is 79.6 Å². The molecule has 2 aromatic carbocycles. The Labute approximate surface area is 625 Å². The van der Waals surface area contributed by atoms with Crippen molar-refractivity contribution in [2.75, 3.05) is 99.8 Å². The van der Waals surface area contributed by atoms with Crippen molar-refractivity contribution in [2.45, 2.75) is 188 Å². The van der Waals surface area contributed by atoms with Crippen LogP contribution in [0.2, 0.25) is 0 Å². The number of nitrogens with zero attached hydrogens (tertiary/aromatic N) is 7. The number of anilines is 1. The number of pyridine rings is 1. The lowest BCUT2D eigenvalue weighted by Crippen LogP contribution is -2.59. The van der Waals surface area contributed by atoms with Crippen molar-refractivity contribution in [3.8, 4) is 5.75 Å². The number of fused-ring (bicyclic) bond motifs is 1. The molecule has 0 bridgehead atoms. The van der Waals surface area contributed by atoms with E-state index < -0.39 is 107 Å². The Hall–Kier alpha value is -7.88. The molecule has 0 spiro atoms. The van der Waals surface area contributed by atoms with Crippen molar-refractivity contribution in [3.63, 3.8) is 0 Å². The molecule has 2 aliphatic rings. The van der Waals surface area contributed by atoms with Gasteiger partial charge in [0.05, 0.1) is 68.9 Å². The lowest BCUT2D eigenvalue weighted by molar-refractivity contribution is -0.144. The molecule has 0 aliphatic carbocycles. The molecular formula is C75H117N13O17S. The van der Waals surface area contributed by atoms with E-state index in [0.29, 0.717) is 83.7 Å². The molecule has 31 heteroatoms. The Bertz CT molecular complexity index is 3620. The fraction of sp³-hybridized carbons (Fsp3) is 0.640. The first-order valence-electron chi connectivity index (χ1n) is 37.0. The van der Waals surface area contributed by atoms with Gasteiger partial charge in [-0.1, -0.05) is 98.2 Å². The summed E-state index contributed by atoms with van der Waals surface area (Å²) in [6.07, 6.45) is 3.12. The number of nitrogens with one attached hydrogen (secondary N) is 6. The molecule has 30 nitrogen and oxygen atoms in total. The minimum atomic E-state index is -5.07. The van der Waals surface area contributed by atoms with Crippen LogP contribution in [-0.4, -0.2) is 236 Å². The molecule has 0 saturated carbocycles. The van der Waals surface area contributed by atoms with Crippen molar-refractivity contribution in [1.82, 2.24) is 60.9 Å². The minimum Gasteiger partial charge on any atom is -0.445 e. The van der Waals surface area contributed by atoms with E-state index in [0.717, 1.165) is 40.5 Å². The fourth-order valence-corrected chi connectivity index (χ4v) is 14.4. The summed E-state index contributed by atoms with van der Waals surface area (Å²) >= 11 is 0. The second-order valence-corrected chi connectivity index (χ2v) is 29.7. The van der Waals surface area contributed by atoms with Crippen LogP contribution in [0.5, 0.6) is 5.75 Å². The zero-order valence-corrected chi connectivity index (χ0v) is 65.2. The minimum absolute atomic E-state index is 0.0000103. The number of amides is 8. The van der Waals surface area contributed by atoms with Crippen LogP contribution in [0.15, 0.2) is 72.9 Å². The molecule has 2 fully saturated rings. The number of rotatable bonds is 43. The Kier molecular flexibility index (Phi) is 35.0. The van der Waals surface area contributed by atoms with Gasteiger partial charge >= 0.3 is 16.5 Å². The second kappa shape index (κ2) is 42.6. The predicted molar refractivity (Wildman–Crippen MR) is 400 cm³/mol. The topological polar surface area (TPSA) is 364 Å². The smallest absolute Gasteiger partial charge is 0.445 e. The van der Waals surface area contributed by atoms with E-state index in [2.05, 4.69) is 47.6 Å². The van der Waals surface area contributed by atoms with E-state index in [1.165, 1.54) is 26.3 Å². The van der Waals surface area contributed by atoms with Crippen LogP contribution in [0, 0.1) is 29.6 Å². The molecule has 2 aromatic heterocycles. The summed E-state index contributed by atoms with van der Waals surface area (Å²) < 4.78 is 63.0. The molecular weight excluding hydrogens is 1390 g/mol. The van der Waals surface area contributed by atoms with E-state index in [4.69, 9.17) is 23.1 Å². The first-order valence-corrected chi connectivity index (χ1v) is 38.4. The van der Waals surface area contributed by atoms with Gasteiger partial charge in [-0.25, -0.2) is 14.8 Å². The van der Waals surface area contributed by atoms with Gasteiger partial charge in [-0.15, -0.1) is 0 Å². The number of carbonyl (C=O) groups excluding carboxylic acids is 8. The largest absolute Gasteiger partial charge is 0.446 e. The SMILES string of the molecule is CC[C@H](C)[C@@H]([C@H](C)CC(=O)N1CCC[C@H]1[C@H](OC)C(C)C(=O)N[C@H](C)[C@@H](O)c1ccccc1)N(C)C(=O)[C@@H](NC(=O)[C@H](C(C)C)N(C)C(=O)OCc1ccc(OS(=O)(=O)O)c(NC(=O)CCNC(=O)CCOCCOCCNC2CCN(C(=O)CCn3c(CN(C)NC)cc4cccnc43)CC2)c1)C(C)C. The molecule has 2 aliphatic heterocycles. The van der Waals surface area contributed by atoms with E-state index >= 15 is 0 Å². The number of methoxy groups -OCH3 is 1. The molecule has 1 unspecified atom stereocenters. The Morgan fingerprint density at radius 1 is 0.745 bits per heavy atom. The van der Waals surface area contributed by atoms with Crippen molar-refractivity contribution in [3.05, 3.63) is 89.7 Å². The van der Waals surface area contributed by atoms with Gasteiger partial charge < -0.3 is 74.1 Å². The Morgan fingerprint density at radius 3 is 2.09 bits per heavy atom. The van der Waals surface area contributed by atoms with Crippen LogP contribution in [0.1, 0.15) is 143 Å². The molecule has 106 heavy (non-hydrogen) atoms. The number of piperidine rings is 1. The molecule has 590 valence electrons. The number of aryl methyl sites for hydroxylation is 1. The number of hydrogen-bond donors (Lipinski definition) is 8. The molecule has 4 heterocycles. The highest BCUT2D eigenvalue weighted by molar-refractivity contribution is 7.81. The molecule has 8 N–H and O–H groups in total. The summed E-state index contributed by atoms with van der Waals surface area (Å²) in [6, 6.07) is 15.5. The standard InChI is InChI=1S/C75H117N13O17S/c1-15-50(6)68(51(7)43-65(92)88-35-20-24-60(88)70(101-14)52(8)72(94)80-53(9)69(93)55-21-17-16-18-22-55)84(12)74(96)66(48(2)3)82-73(95)67(49(4)5)85(13)75(97)104-47-54-25-26-61(105-106(98,99)100)59(44-54)81-63(90)27-33-78-62(89)31-39-102-41-42-103-40-34-77-57-28-36-86(37-29-57)64(91)30-38-87-58(46-83(11)76-10)45-56-23-19-32-79-71(56)87/h16-19,21-23,25-26,32,44-45,48-53,57,60,66-70,76-77,93H,15,20,24,27-31,33-43,46-47H2,1-14H3,(H,78,89)(H,80,94)(H,81,90)(H,82,95)(H,98,99,100)/t50-,51+,52?,53+,60-,66-,67-,68-,69+,70+/m0/s1. The van der Waals surface area contributed by atoms with Crippen molar-refractivity contribution in [1.29, 1.82) is 0 Å². The van der Waals surface area contributed by atoms with Crippen LogP contribution in [0.3, 0.4) is 0 Å². The number of ether oxygens (including phenoxy) is 4. The highest BCUT2D eigenvalue weighted by Gasteiger charge is 2.43. The van der Waals surface area contributed by atoms with Crippen LogP contribution >= 0.6 is 0 Å². The number of aromatic nitrogens is 2. The molecule has 2 saturated heterocycles. The van der Waals surface area contributed by atoms with Gasteiger partial charge in [0.15, 0.2) is 5.75 Å². The molecule has 0 radical (unpaired) electrons. The summed E-state index contributed by atoms with van der Waals surface area (Å²) in [5.41, 5.74) is 5.77. The highest BCUT2D eigenvalue weighted by Crippen LogP contribution is 2.33. The van der Waals surface area contributed by atoms with Crippen molar-refractivity contribution in [2.24, 2.45) is 29.6 Å². The van der Waals surface area contributed by atoms with E-state index in [-0.39, 0.29) is 91.8 Å². The molecule has 8 amide bonds. The summed E-state index contributed by atoms with van der Waals surface area (Å²) in [7, 11) is 3.33. The number of hydrazine groups is 1. The number of likely N-dealkylation sites (N-methyl/N-ethyl adjacent to an activating group) is 2. The maximum absolute atomic E-state index is 14.8. The van der Waals surface area contributed by atoms with E-state index in [9.17, 15) is 56.4 Å². The van der Waals surface area contributed by atoms with Gasteiger partial charge in [-0.3, -0.25) is 48.4 Å². The number of benzene rings is 2. The summed E-state index contributed by atoms with van der Waals surface area (Å²) in [5, 5.41) is 28.5. The predicted octanol–water partition coefficient (Wildman–Crippen LogP) is 5.84. The van der Waals surface area contributed by atoms with E-state index in [1.54, 1.807) is 76.7 Å². The van der Waals surface area contributed by atoms with Crippen LogP contribution in [0.4, 0.5) is 10.5 Å². The van der Waals surface area contributed by atoms with Gasteiger partial charge in [0.2, 0.25) is 41.4 Å². The maximum atomic E-state index is 14.8. The number of carbonyl (C=O) groups is 8. The van der Waals surface area contributed by atoms with Gasteiger partial charge in [0.1, 0.15) is 24.3 Å². The molecule has 10 atom stereocenters. The lowest BCUT2D eigenvalue weighted by atomic mass is 9.84. The van der Waals surface area contributed by atoms with Gasteiger partial charge in [-0.2, -0.15) is 8.42 Å². The summed E-state index contributed by atoms with van der Waals surface area (Å²) in [6.45, 7) is 20.7. The second-order valence-electron chi connectivity index (χ2n) is 28.6. The van der Waals surface area contributed by atoms with Crippen molar-refractivity contribution >= 4 is 74.6 Å². The van der Waals surface area contributed by atoms with Crippen LogP contribution < -0.4 is 36.2 Å². The van der Waals surface area contributed by atoms with Crippen LogP contribution in [-0.2, 0) is 82.6 Å². The third kappa shape index (κ3) is 25.9. The van der Waals surface area contributed by atoms with E-state index in [1.807, 2.05) is 75.1 Å². The third-order valence-electron chi connectivity index (χ3n) is 20.1. The molecule has 6 rings (SSSR count). The Morgan fingerprint density at radius 2 is 1.44 bits per heavy atom. The average Bonchev–Trinajstić information content (AvgIpc) is 1.65. The van der Waals surface area contributed by atoms with Crippen LogP contribution in [0.25, 0.3) is 11.0 Å². The number of likely N-dealkylation sites (tertiary alicyclic amines) is 2. The average molecular weight is 1500 g/mol. The summed E-state index contributed by atoms with van der Waals surface area (Å²) in [4.78, 5) is 121. The third-order valence-corrected chi connectivity index (χ3v) is 20.5. The normalized spacial score (nSPS) is 16.9. The first-order chi connectivity index (χ1) is 50.4. The number of aliphatic hydroxyl groups excluding tert-OH is 1. The lowest BCUT2D eigenvalue weighted by Gasteiger charge is -2.41. The van der Waals surface area contributed by atoms with Gasteiger partial charge in [0, 0.05) is 123 Å². The fourth-order valence-electron chi connectivity index (χ4n) is 14.1. The Balaban J connectivity index is 0.910. The highest BCUT2D eigenvalue weighted by atomic mass is 32.3. The first kappa shape index (κ1) is 87.0. The van der Waals surface area contributed by atoms with Gasteiger partial charge in [-0.05, 0) is 105 Å². The zero-order chi connectivity index (χ0) is 77.9. The number of hydrogen-bond acceptors (Lipinski definition) is 20.